The number of hydrogen-bond donors (Lipinski definition) is 0. The van der Waals surface area contributed by atoms with Gasteiger partial charge in [-0.25, -0.2) is 4.98 Å². The molecule has 2 nitrogen and oxygen atoms in total. The van der Waals surface area contributed by atoms with Gasteiger partial charge in [0, 0.05) is 18.1 Å². The van der Waals surface area contributed by atoms with Crippen LogP contribution in [0.25, 0.3) is 5.69 Å². The number of aryl methyl sites for hydroxylation is 1. The van der Waals surface area contributed by atoms with E-state index in [9.17, 15) is 0 Å². The molecule has 0 aliphatic rings. The van der Waals surface area contributed by atoms with Gasteiger partial charge in [0.05, 0.1) is 6.33 Å². The van der Waals surface area contributed by atoms with Gasteiger partial charge in [-0.2, -0.15) is 0 Å². The lowest BCUT2D eigenvalue weighted by Gasteiger charge is -2.11. The lowest BCUT2D eigenvalue weighted by Crippen LogP contribution is -1.96. The minimum Gasteiger partial charge on any atom is -0.306 e. The summed E-state index contributed by atoms with van der Waals surface area (Å²) in [6.45, 7) is 6.57. The highest BCUT2D eigenvalue weighted by Crippen LogP contribution is 2.20. The first-order valence-corrected chi connectivity index (χ1v) is 5.27. The van der Waals surface area contributed by atoms with Gasteiger partial charge in [0.1, 0.15) is 0 Å². The van der Waals surface area contributed by atoms with E-state index in [2.05, 4.69) is 44.0 Å². The van der Waals surface area contributed by atoms with Crippen molar-refractivity contribution in [2.45, 2.75) is 26.7 Å². The molecule has 0 bridgehead atoms. The number of hydrogen-bond acceptors (Lipinski definition) is 1. The molecule has 0 radical (unpaired) electrons. The molecule has 0 fully saturated rings. The van der Waals surface area contributed by atoms with E-state index in [1.165, 1.54) is 16.8 Å². The molecule has 0 N–H and O–H groups in total. The van der Waals surface area contributed by atoms with E-state index in [0.717, 1.165) is 0 Å². The molecule has 1 aromatic heterocycles. The summed E-state index contributed by atoms with van der Waals surface area (Å²) in [5, 5.41) is 0. The lowest BCUT2D eigenvalue weighted by molar-refractivity contribution is 0.862. The van der Waals surface area contributed by atoms with E-state index in [-0.39, 0.29) is 0 Å². The van der Waals surface area contributed by atoms with Crippen molar-refractivity contribution in [2.24, 2.45) is 0 Å². The van der Waals surface area contributed by atoms with E-state index < -0.39 is 0 Å². The number of benzene rings is 1. The van der Waals surface area contributed by atoms with Crippen LogP contribution in [0.1, 0.15) is 30.9 Å². The van der Waals surface area contributed by atoms with Gasteiger partial charge in [-0.3, -0.25) is 0 Å². The van der Waals surface area contributed by atoms with Crippen LogP contribution in [-0.4, -0.2) is 9.55 Å². The Balaban J connectivity index is 2.44. The number of aromatic nitrogens is 2. The zero-order chi connectivity index (χ0) is 10.8. The summed E-state index contributed by atoms with van der Waals surface area (Å²) >= 11 is 0. The largest absolute Gasteiger partial charge is 0.306 e. The van der Waals surface area contributed by atoms with Crippen LogP contribution in [0.2, 0.25) is 0 Å². The van der Waals surface area contributed by atoms with Crippen LogP contribution >= 0.6 is 0 Å². The van der Waals surface area contributed by atoms with E-state index in [1.54, 1.807) is 6.20 Å². The number of nitrogens with zero attached hydrogens (tertiary/aromatic N) is 2. The third-order valence-electron chi connectivity index (χ3n) is 2.67. The molecular weight excluding hydrogens is 184 g/mol. The van der Waals surface area contributed by atoms with Crippen LogP contribution < -0.4 is 0 Å². The Bertz CT molecular complexity index is 442. The molecular formula is C13H16N2. The lowest BCUT2D eigenvalue weighted by atomic mass is 10.0. The first-order valence-electron chi connectivity index (χ1n) is 5.27. The minimum absolute atomic E-state index is 0.584. The van der Waals surface area contributed by atoms with Gasteiger partial charge in [-0.1, -0.05) is 26.0 Å². The van der Waals surface area contributed by atoms with Gasteiger partial charge in [-0.15, -0.1) is 0 Å². The molecule has 78 valence electrons. The van der Waals surface area contributed by atoms with Crippen LogP contribution in [-0.2, 0) is 0 Å². The van der Waals surface area contributed by atoms with Crippen molar-refractivity contribution in [3.05, 3.63) is 48.0 Å². The molecule has 0 spiro atoms. The first kappa shape index (κ1) is 9.97. The monoisotopic (exact) mass is 200 g/mol. The van der Waals surface area contributed by atoms with Crippen molar-refractivity contribution in [3.8, 4) is 5.69 Å². The predicted octanol–water partition coefficient (Wildman–Crippen LogP) is 3.30. The highest BCUT2D eigenvalue weighted by atomic mass is 15.0. The van der Waals surface area contributed by atoms with Gasteiger partial charge in [0.25, 0.3) is 0 Å². The van der Waals surface area contributed by atoms with E-state index in [1.807, 2.05) is 17.1 Å². The normalized spacial score (nSPS) is 10.9. The average molecular weight is 200 g/mol. The topological polar surface area (TPSA) is 17.8 Å². The fourth-order valence-corrected chi connectivity index (χ4v) is 1.73. The third-order valence-corrected chi connectivity index (χ3v) is 2.67. The van der Waals surface area contributed by atoms with Crippen molar-refractivity contribution < 1.29 is 0 Å². The highest BCUT2D eigenvalue weighted by Gasteiger charge is 2.04. The Hall–Kier alpha value is -1.57. The van der Waals surface area contributed by atoms with Gasteiger partial charge < -0.3 is 4.57 Å². The second kappa shape index (κ2) is 3.89. The fraction of sp³-hybridized carbons (Fsp3) is 0.308. The molecule has 0 amide bonds. The van der Waals surface area contributed by atoms with Gasteiger partial charge in [-0.05, 0) is 30.0 Å². The first-order chi connectivity index (χ1) is 7.18. The molecule has 2 rings (SSSR count). The molecule has 1 heterocycles. The Morgan fingerprint density at radius 2 is 2.07 bits per heavy atom. The van der Waals surface area contributed by atoms with Crippen LogP contribution in [0.15, 0.2) is 36.9 Å². The maximum Gasteiger partial charge on any atom is 0.0991 e. The molecule has 0 atom stereocenters. The molecule has 0 saturated carbocycles. The summed E-state index contributed by atoms with van der Waals surface area (Å²) in [7, 11) is 0. The minimum atomic E-state index is 0.584. The zero-order valence-electron chi connectivity index (χ0n) is 9.44. The SMILES string of the molecule is Cc1cc(C(C)C)ccc1-n1ccnc1. The Labute approximate surface area is 90.6 Å². The van der Waals surface area contributed by atoms with Crippen molar-refractivity contribution in [3.63, 3.8) is 0 Å². The van der Waals surface area contributed by atoms with Crippen LogP contribution in [0, 0.1) is 6.92 Å². The standard InChI is InChI=1S/C13H16N2/c1-10(2)12-4-5-13(11(3)8-12)15-7-6-14-9-15/h4-10H,1-3H3. The maximum absolute atomic E-state index is 4.06. The van der Waals surface area contributed by atoms with E-state index in [0.29, 0.717) is 5.92 Å². The summed E-state index contributed by atoms with van der Waals surface area (Å²) in [6, 6.07) is 6.60. The van der Waals surface area contributed by atoms with Crippen LogP contribution in [0.4, 0.5) is 0 Å². The maximum atomic E-state index is 4.06. The van der Waals surface area contributed by atoms with Gasteiger partial charge in [0.15, 0.2) is 0 Å². The summed E-state index contributed by atoms with van der Waals surface area (Å²) < 4.78 is 2.04. The summed E-state index contributed by atoms with van der Waals surface area (Å²) in [5.74, 6) is 0.584. The predicted molar refractivity (Wildman–Crippen MR) is 62.4 cm³/mol. The second-order valence-electron chi connectivity index (χ2n) is 4.17. The molecule has 2 aromatic rings. The van der Waals surface area contributed by atoms with Gasteiger partial charge in [0.2, 0.25) is 0 Å². The van der Waals surface area contributed by atoms with Crippen LogP contribution in [0.3, 0.4) is 0 Å². The summed E-state index contributed by atoms with van der Waals surface area (Å²) in [4.78, 5) is 4.06. The number of imidazole rings is 1. The highest BCUT2D eigenvalue weighted by molar-refractivity contribution is 5.43. The smallest absolute Gasteiger partial charge is 0.0991 e. The Morgan fingerprint density at radius 1 is 1.27 bits per heavy atom. The molecule has 2 heteroatoms. The fourth-order valence-electron chi connectivity index (χ4n) is 1.73. The average Bonchev–Trinajstić information content (AvgIpc) is 2.70. The molecule has 1 aromatic carbocycles. The molecule has 15 heavy (non-hydrogen) atoms. The number of rotatable bonds is 2. The van der Waals surface area contributed by atoms with E-state index >= 15 is 0 Å². The van der Waals surface area contributed by atoms with Crippen molar-refractivity contribution in [1.82, 2.24) is 9.55 Å². The van der Waals surface area contributed by atoms with Crippen LogP contribution in [0.5, 0.6) is 0 Å². The molecule has 0 unspecified atom stereocenters. The summed E-state index contributed by atoms with van der Waals surface area (Å²) in [6.07, 6.45) is 5.60. The Kier molecular flexibility index (Phi) is 2.58. The third kappa shape index (κ3) is 1.94. The molecule has 0 aliphatic carbocycles. The van der Waals surface area contributed by atoms with Crippen molar-refractivity contribution in [1.29, 1.82) is 0 Å². The van der Waals surface area contributed by atoms with Crippen molar-refractivity contribution in [2.75, 3.05) is 0 Å². The zero-order valence-corrected chi connectivity index (χ0v) is 9.44. The molecule has 0 saturated heterocycles. The quantitative estimate of drug-likeness (QED) is 0.727. The second-order valence-corrected chi connectivity index (χ2v) is 4.17. The van der Waals surface area contributed by atoms with Crippen molar-refractivity contribution >= 4 is 0 Å². The Morgan fingerprint density at radius 3 is 2.60 bits per heavy atom. The molecule has 0 aliphatic heterocycles. The van der Waals surface area contributed by atoms with Gasteiger partial charge >= 0.3 is 0 Å². The van der Waals surface area contributed by atoms with E-state index in [4.69, 9.17) is 0 Å². The summed E-state index contributed by atoms with van der Waals surface area (Å²) in [5.41, 5.74) is 3.88.